The standard InChI is InChI=1S/C17H25N7/c1-6-8-24-9-7-18-13(24)11-19-14-12-10-20-23(5)15(12)22-16(21-14)17(2,3)4/h7,9-10H,6,8,11H2,1-5H3,(H,19,21,22). The van der Waals surface area contributed by atoms with Crippen LogP contribution in [0, 0.1) is 0 Å². The third-order valence-electron chi connectivity index (χ3n) is 3.94. The molecule has 3 rings (SSSR count). The zero-order valence-corrected chi connectivity index (χ0v) is 15.0. The zero-order valence-electron chi connectivity index (χ0n) is 15.0. The van der Waals surface area contributed by atoms with Crippen LogP contribution in [0.4, 0.5) is 5.82 Å². The minimum atomic E-state index is -0.129. The molecule has 0 atom stereocenters. The van der Waals surface area contributed by atoms with Crippen LogP contribution in [0.3, 0.4) is 0 Å². The number of imidazole rings is 1. The van der Waals surface area contributed by atoms with E-state index in [4.69, 9.17) is 4.98 Å². The van der Waals surface area contributed by atoms with E-state index in [0.29, 0.717) is 6.54 Å². The molecule has 0 aliphatic heterocycles. The molecule has 7 nitrogen and oxygen atoms in total. The van der Waals surface area contributed by atoms with Crippen molar-refractivity contribution >= 4 is 16.9 Å². The minimum Gasteiger partial charge on any atom is -0.362 e. The molecule has 0 amide bonds. The molecule has 3 heterocycles. The Bertz CT molecular complexity index is 838. The number of hydrogen-bond donors (Lipinski definition) is 1. The van der Waals surface area contributed by atoms with E-state index < -0.39 is 0 Å². The number of rotatable bonds is 5. The van der Waals surface area contributed by atoms with Gasteiger partial charge in [-0.2, -0.15) is 5.10 Å². The molecule has 128 valence electrons. The maximum Gasteiger partial charge on any atom is 0.163 e. The van der Waals surface area contributed by atoms with Gasteiger partial charge in [-0.25, -0.2) is 15.0 Å². The van der Waals surface area contributed by atoms with Gasteiger partial charge in [-0.05, 0) is 6.42 Å². The van der Waals surface area contributed by atoms with Gasteiger partial charge in [0.1, 0.15) is 17.5 Å². The molecule has 0 saturated heterocycles. The highest BCUT2D eigenvalue weighted by Crippen LogP contribution is 2.26. The summed E-state index contributed by atoms with van der Waals surface area (Å²) in [5, 5.41) is 8.68. The lowest BCUT2D eigenvalue weighted by Gasteiger charge is -2.18. The Hall–Kier alpha value is -2.44. The summed E-state index contributed by atoms with van der Waals surface area (Å²) < 4.78 is 3.95. The van der Waals surface area contributed by atoms with Crippen molar-refractivity contribution in [3.8, 4) is 0 Å². The van der Waals surface area contributed by atoms with E-state index in [1.165, 1.54) is 0 Å². The van der Waals surface area contributed by atoms with E-state index in [1.807, 2.05) is 25.6 Å². The van der Waals surface area contributed by atoms with E-state index in [0.717, 1.165) is 41.5 Å². The number of nitrogens with one attached hydrogen (secondary N) is 1. The first-order valence-electron chi connectivity index (χ1n) is 8.34. The monoisotopic (exact) mass is 327 g/mol. The van der Waals surface area contributed by atoms with Crippen molar-refractivity contribution in [1.82, 2.24) is 29.3 Å². The van der Waals surface area contributed by atoms with Crippen LogP contribution >= 0.6 is 0 Å². The summed E-state index contributed by atoms with van der Waals surface area (Å²) in [5.41, 5.74) is 0.713. The second-order valence-corrected chi connectivity index (χ2v) is 7.04. The molecule has 7 heteroatoms. The topological polar surface area (TPSA) is 73.5 Å². The van der Waals surface area contributed by atoms with Gasteiger partial charge in [0, 0.05) is 31.4 Å². The van der Waals surface area contributed by atoms with Crippen molar-refractivity contribution in [3.63, 3.8) is 0 Å². The highest BCUT2D eigenvalue weighted by Gasteiger charge is 2.21. The fourth-order valence-electron chi connectivity index (χ4n) is 2.61. The second kappa shape index (κ2) is 6.22. The fraction of sp³-hybridized carbons (Fsp3) is 0.529. The first-order valence-corrected chi connectivity index (χ1v) is 8.34. The quantitative estimate of drug-likeness (QED) is 0.780. The lowest BCUT2D eigenvalue weighted by molar-refractivity contribution is 0.547. The Balaban J connectivity index is 1.94. The van der Waals surface area contributed by atoms with Crippen LogP contribution in [0.25, 0.3) is 11.0 Å². The summed E-state index contributed by atoms with van der Waals surface area (Å²) in [7, 11) is 1.90. The average molecular weight is 327 g/mol. The molecular formula is C17H25N7. The molecule has 1 N–H and O–H groups in total. The lowest BCUT2D eigenvalue weighted by Crippen LogP contribution is -2.18. The fourth-order valence-corrected chi connectivity index (χ4v) is 2.61. The molecule has 0 aliphatic carbocycles. The third-order valence-corrected chi connectivity index (χ3v) is 3.94. The average Bonchev–Trinajstić information content (AvgIpc) is 3.12. The van der Waals surface area contributed by atoms with Gasteiger partial charge in [0.2, 0.25) is 0 Å². The van der Waals surface area contributed by atoms with Crippen LogP contribution in [0.5, 0.6) is 0 Å². The number of hydrogen-bond acceptors (Lipinski definition) is 5. The highest BCUT2D eigenvalue weighted by molar-refractivity contribution is 5.86. The van der Waals surface area contributed by atoms with Crippen molar-refractivity contribution in [2.24, 2.45) is 7.05 Å². The largest absolute Gasteiger partial charge is 0.362 e. The van der Waals surface area contributed by atoms with Gasteiger partial charge < -0.3 is 9.88 Å². The molecule has 24 heavy (non-hydrogen) atoms. The maximum absolute atomic E-state index is 4.75. The Labute approximate surface area is 142 Å². The molecule has 3 aromatic heterocycles. The summed E-state index contributed by atoms with van der Waals surface area (Å²) in [6, 6.07) is 0. The predicted molar refractivity (Wildman–Crippen MR) is 94.8 cm³/mol. The van der Waals surface area contributed by atoms with Crippen LogP contribution in [0.2, 0.25) is 0 Å². The molecule has 0 saturated carbocycles. The van der Waals surface area contributed by atoms with E-state index in [2.05, 4.69) is 52.6 Å². The van der Waals surface area contributed by atoms with Crippen molar-refractivity contribution in [2.75, 3.05) is 5.32 Å². The number of anilines is 1. The van der Waals surface area contributed by atoms with Crippen LogP contribution < -0.4 is 5.32 Å². The smallest absolute Gasteiger partial charge is 0.163 e. The van der Waals surface area contributed by atoms with Gasteiger partial charge >= 0.3 is 0 Å². The van der Waals surface area contributed by atoms with E-state index >= 15 is 0 Å². The van der Waals surface area contributed by atoms with Crippen molar-refractivity contribution < 1.29 is 0 Å². The third kappa shape index (κ3) is 3.11. The molecule has 0 radical (unpaired) electrons. The first kappa shape index (κ1) is 16.4. The van der Waals surface area contributed by atoms with E-state index in [1.54, 1.807) is 4.68 Å². The number of aryl methyl sites for hydroxylation is 2. The maximum atomic E-state index is 4.75. The first-order chi connectivity index (χ1) is 11.4. The van der Waals surface area contributed by atoms with E-state index in [-0.39, 0.29) is 5.41 Å². The Morgan fingerprint density at radius 1 is 1.21 bits per heavy atom. The summed E-state index contributed by atoms with van der Waals surface area (Å²) >= 11 is 0. The zero-order chi connectivity index (χ0) is 17.3. The molecule has 0 fully saturated rings. The molecule has 3 aromatic rings. The molecule has 0 unspecified atom stereocenters. The predicted octanol–water partition coefficient (Wildman–Crippen LogP) is 2.88. The minimum absolute atomic E-state index is 0.129. The number of fused-ring (bicyclic) bond motifs is 1. The summed E-state index contributed by atoms with van der Waals surface area (Å²) in [6.07, 6.45) is 6.74. The summed E-state index contributed by atoms with van der Waals surface area (Å²) in [5.74, 6) is 2.62. The molecule has 0 aliphatic rings. The Morgan fingerprint density at radius 3 is 2.71 bits per heavy atom. The number of nitrogens with zero attached hydrogens (tertiary/aromatic N) is 6. The Morgan fingerprint density at radius 2 is 2.00 bits per heavy atom. The highest BCUT2D eigenvalue weighted by atomic mass is 15.3. The SMILES string of the molecule is CCCn1ccnc1CNc1nc(C(C)(C)C)nc2c1cnn2C. The molecular weight excluding hydrogens is 302 g/mol. The number of aromatic nitrogens is 6. The van der Waals surface area contributed by atoms with Gasteiger partial charge in [-0.15, -0.1) is 0 Å². The Kier molecular flexibility index (Phi) is 4.26. The molecule has 0 bridgehead atoms. The van der Waals surface area contributed by atoms with Gasteiger partial charge in [0.15, 0.2) is 5.65 Å². The van der Waals surface area contributed by atoms with Crippen molar-refractivity contribution in [1.29, 1.82) is 0 Å². The van der Waals surface area contributed by atoms with Crippen LogP contribution in [0.1, 0.15) is 45.8 Å². The normalized spacial score (nSPS) is 12.0. The summed E-state index contributed by atoms with van der Waals surface area (Å²) in [6.45, 7) is 10.1. The van der Waals surface area contributed by atoms with Gasteiger partial charge in [0.25, 0.3) is 0 Å². The van der Waals surface area contributed by atoms with Crippen LogP contribution in [-0.4, -0.2) is 29.3 Å². The van der Waals surface area contributed by atoms with E-state index in [9.17, 15) is 0 Å². The second-order valence-electron chi connectivity index (χ2n) is 7.04. The lowest BCUT2D eigenvalue weighted by atomic mass is 9.95. The van der Waals surface area contributed by atoms with Gasteiger partial charge in [0.05, 0.1) is 18.1 Å². The van der Waals surface area contributed by atoms with Gasteiger partial charge in [-0.1, -0.05) is 27.7 Å². The summed E-state index contributed by atoms with van der Waals surface area (Å²) in [4.78, 5) is 13.9. The van der Waals surface area contributed by atoms with Crippen molar-refractivity contribution in [3.05, 3.63) is 30.2 Å². The van der Waals surface area contributed by atoms with Crippen LogP contribution in [0.15, 0.2) is 18.6 Å². The molecule has 0 aromatic carbocycles. The molecule has 0 spiro atoms. The van der Waals surface area contributed by atoms with Crippen molar-refractivity contribution in [2.45, 2.75) is 52.6 Å². The van der Waals surface area contributed by atoms with Gasteiger partial charge in [-0.3, -0.25) is 4.68 Å². The van der Waals surface area contributed by atoms with Crippen LogP contribution in [-0.2, 0) is 25.6 Å².